The Hall–Kier alpha value is -0.790. The van der Waals surface area contributed by atoms with E-state index >= 15 is 0 Å². The molecule has 0 radical (unpaired) electrons. The summed E-state index contributed by atoms with van der Waals surface area (Å²) in [6.07, 6.45) is 5.98. The van der Waals surface area contributed by atoms with Crippen LogP contribution in [0.4, 0.5) is 0 Å². The monoisotopic (exact) mass is 212 g/mol. The molecular formula is C13H24O2. The van der Waals surface area contributed by atoms with Crippen molar-refractivity contribution in [2.24, 2.45) is 0 Å². The Morgan fingerprint density at radius 2 is 1.73 bits per heavy atom. The first-order chi connectivity index (χ1) is 7.13. The van der Waals surface area contributed by atoms with Crippen molar-refractivity contribution in [2.75, 3.05) is 6.61 Å². The fourth-order valence-corrected chi connectivity index (χ4v) is 1.42. The van der Waals surface area contributed by atoms with E-state index in [-0.39, 0.29) is 5.97 Å². The lowest BCUT2D eigenvalue weighted by Crippen LogP contribution is -2.07. The maximum absolute atomic E-state index is 11.4. The van der Waals surface area contributed by atoms with Gasteiger partial charge >= 0.3 is 5.97 Å². The van der Waals surface area contributed by atoms with Crippen LogP contribution in [0.3, 0.4) is 0 Å². The van der Waals surface area contributed by atoms with E-state index in [1.54, 1.807) is 0 Å². The Labute approximate surface area is 93.7 Å². The van der Waals surface area contributed by atoms with Crippen LogP contribution in [0.1, 0.15) is 59.8 Å². The number of allylic oxidation sites excluding steroid dienone is 1. The van der Waals surface area contributed by atoms with Crippen LogP contribution in [0.2, 0.25) is 0 Å². The molecule has 88 valence electrons. The maximum atomic E-state index is 11.4. The first-order valence-electron chi connectivity index (χ1n) is 5.96. The van der Waals surface area contributed by atoms with Crippen molar-refractivity contribution in [3.63, 3.8) is 0 Å². The molecular weight excluding hydrogens is 188 g/mol. The Kier molecular flexibility index (Phi) is 8.06. The van der Waals surface area contributed by atoms with Gasteiger partial charge in [-0.2, -0.15) is 0 Å². The van der Waals surface area contributed by atoms with E-state index in [0.717, 1.165) is 12.0 Å². The SMILES string of the molecule is CCCCCC/C(C)=C(\C)C(=O)OCC. The summed E-state index contributed by atoms with van der Waals surface area (Å²) in [5.74, 6) is -0.162. The molecule has 0 aliphatic carbocycles. The second-order valence-corrected chi connectivity index (χ2v) is 3.94. The molecule has 0 rings (SSSR count). The third-order valence-corrected chi connectivity index (χ3v) is 2.63. The molecule has 0 saturated carbocycles. The average Bonchev–Trinajstić information content (AvgIpc) is 2.23. The van der Waals surface area contributed by atoms with Crippen LogP contribution < -0.4 is 0 Å². The number of hydrogen-bond donors (Lipinski definition) is 0. The van der Waals surface area contributed by atoms with Gasteiger partial charge in [-0.1, -0.05) is 31.8 Å². The van der Waals surface area contributed by atoms with Crippen molar-refractivity contribution >= 4 is 5.97 Å². The number of esters is 1. The first-order valence-corrected chi connectivity index (χ1v) is 5.96. The largest absolute Gasteiger partial charge is 0.463 e. The Bertz CT molecular complexity index is 217. The highest BCUT2D eigenvalue weighted by Crippen LogP contribution is 2.14. The van der Waals surface area contributed by atoms with E-state index < -0.39 is 0 Å². The third-order valence-electron chi connectivity index (χ3n) is 2.63. The highest BCUT2D eigenvalue weighted by Gasteiger charge is 2.07. The van der Waals surface area contributed by atoms with E-state index in [9.17, 15) is 4.79 Å². The summed E-state index contributed by atoms with van der Waals surface area (Å²) in [5.41, 5.74) is 1.96. The fraction of sp³-hybridized carbons (Fsp3) is 0.769. The van der Waals surface area contributed by atoms with Gasteiger partial charge in [-0.3, -0.25) is 0 Å². The number of hydrogen-bond acceptors (Lipinski definition) is 2. The van der Waals surface area contributed by atoms with E-state index in [1.165, 1.54) is 31.3 Å². The highest BCUT2D eigenvalue weighted by molar-refractivity contribution is 5.88. The minimum atomic E-state index is -0.162. The van der Waals surface area contributed by atoms with E-state index in [2.05, 4.69) is 6.92 Å². The molecule has 2 heteroatoms. The van der Waals surface area contributed by atoms with Crippen LogP contribution >= 0.6 is 0 Å². The summed E-state index contributed by atoms with van der Waals surface area (Å²) in [6, 6.07) is 0. The molecule has 0 N–H and O–H groups in total. The van der Waals surface area contributed by atoms with Crippen molar-refractivity contribution in [3.8, 4) is 0 Å². The van der Waals surface area contributed by atoms with Gasteiger partial charge in [-0.15, -0.1) is 0 Å². The van der Waals surface area contributed by atoms with Crippen LogP contribution in [0, 0.1) is 0 Å². The number of unbranched alkanes of at least 4 members (excludes halogenated alkanes) is 3. The van der Waals surface area contributed by atoms with Gasteiger partial charge in [0.05, 0.1) is 6.61 Å². The number of ether oxygens (including phenoxy) is 1. The Morgan fingerprint density at radius 3 is 2.27 bits per heavy atom. The van der Waals surface area contributed by atoms with Gasteiger partial charge in [0.25, 0.3) is 0 Å². The molecule has 0 aliphatic heterocycles. The highest BCUT2D eigenvalue weighted by atomic mass is 16.5. The van der Waals surface area contributed by atoms with Crippen molar-refractivity contribution in [3.05, 3.63) is 11.1 Å². The molecule has 0 heterocycles. The van der Waals surface area contributed by atoms with Gasteiger partial charge in [0.15, 0.2) is 0 Å². The van der Waals surface area contributed by atoms with Crippen LogP contribution in [-0.4, -0.2) is 12.6 Å². The van der Waals surface area contributed by atoms with Crippen LogP contribution in [0.5, 0.6) is 0 Å². The zero-order valence-corrected chi connectivity index (χ0v) is 10.6. The van der Waals surface area contributed by atoms with Crippen LogP contribution in [0.25, 0.3) is 0 Å². The predicted molar refractivity (Wildman–Crippen MR) is 63.8 cm³/mol. The third kappa shape index (κ3) is 6.32. The molecule has 0 fully saturated rings. The van der Waals surface area contributed by atoms with Crippen molar-refractivity contribution in [1.29, 1.82) is 0 Å². The molecule has 15 heavy (non-hydrogen) atoms. The summed E-state index contributed by atoms with van der Waals surface area (Å²) in [6.45, 7) is 8.37. The summed E-state index contributed by atoms with van der Waals surface area (Å²) < 4.78 is 4.96. The quantitative estimate of drug-likeness (QED) is 0.364. The zero-order valence-electron chi connectivity index (χ0n) is 10.6. The van der Waals surface area contributed by atoms with Gasteiger partial charge in [0, 0.05) is 5.57 Å². The molecule has 2 nitrogen and oxygen atoms in total. The number of carbonyl (C=O) groups is 1. The lowest BCUT2D eigenvalue weighted by atomic mass is 10.0. The Balaban J connectivity index is 3.97. The van der Waals surface area contributed by atoms with E-state index in [0.29, 0.717) is 6.61 Å². The van der Waals surface area contributed by atoms with Crippen LogP contribution in [0.15, 0.2) is 11.1 Å². The summed E-state index contributed by atoms with van der Waals surface area (Å²) in [4.78, 5) is 11.4. The molecule has 0 unspecified atom stereocenters. The summed E-state index contributed by atoms with van der Waals surface area (Å²) >= 11 is 0. The molecule has 0 amide bonds. The molecule has 0 aromatic heterocycles. The van der Waals surface area contributed by atoms with E-state index in [1.807, 2.05) is 20.8 Å². The Morgan fingerprint density at radius 1 is 1.07 bits per heavy atom. The van der Waals surface area contributed by atoms with Crippen LogP contribution in [-0.2, 0) is 9.53 Å². The maximum Gasteiger partial charge on any atom is 0.333 e. The van der Waals surface area contributed by atoms with E-state index in [4.69, 9.17) is 4.74 Å². The average molecular weight is 212 g/mol. The lowest BCUT2D eigenvalue weighted by Gasteiger charge is -2.07. The minimum Gasteiger partial charge on any atom is -0.463 e. The molecule has 0 aromatic rings. The number of carbonyl (C=O) groups excluding carboxylic acids is 1. The smallest absolute Gasteiger partial charge is 0.333 e. The molecule has 0 bridgehead atoms. The zero-order chi connectivity index (χ0) is 11.7. The minimum absolute atomic E-state index is 0.162. The normalized spacial score (nSPS) is 12.3. The van der Waals surface area contributed by atoms with Gasteiger partial charge in [-0.25, -0.2) is 4.79 Å². The number of rotatable bonds is 7. The topological polar surface area (TPSA) is 26.3 Å². The molecule has 0 aliphatic rings. The molecule has 0 aromatic carbocycles. The van der Waals surface area contributed by atoms with Crippen molar-refractivity contribution < 1.29 is 9.53 Å². The standard InChI is InChI=1S/C13H24O2/c1-5-7-8-9-10-11(3)12(4)13(14)15-6-2/h5-10H2,1-4H3/b12-11+. The summed E-state index contributed by atoms with van der Waals surface area (Å²) in [5, 5.41) is 0. The summed E-state index contributed by atoms with van der Waals surface area (Å²) in [7, 11) is 0. The predicted octanol–water partition coefficient (Wildman–Crippen LogP) is 3.86. The lowest BCUT2D eigenvalue weighted by molar-refractivity contribution is -0.138. The van der Waals surface area contributed by atoms with Gasteiger partial charge in [0.1, 0.15) is 0 Å². The molecule has 0 atom stereocenters. The molecule has 0 saturated heterocycles. The second-order valence-electron chi connectivity index (χ2n) is 3.94. The first kappa shape index (κ1) is 14.2. The van der Waals surface area contributed by atoms with Crippen molar-refractivity contribution in [2.45, 2.75) is 59.8 Å². The molecule has 0 spiro atoms. The van der Waals surface area contributed by atoms with Crippen molar-refractivity contribution in [1.82, 2.24) is 0 Å². The van der Waals surface area contributed by atoms with Gasteiger partial charge in [0.2, 0.25) is 0 Å². The van der Waals surface area contributed by atoms with Gasteiger partial charge in [-0.05, 0) is 33.6 Å². The van der Waals surface area contributed by atoms with Gasteiger partial charge < -0.3 is 4.74 Å². The second kappa shape index (κ2) is 8.51. The fourth-order valence-electron chi connectivity index (χ4n) is 1.42.